The zero-order chi connectivity index (χ0) is 12.3. The molecule has 0 bridgehead atoms. The average Bonchev–Trinajstić information content (AvgIpc) is 2.58. The Morgan fingerprint density at radius 2 is 2.19 bits per heavy atom. The summed E-state index contributed by atoms with van der Waals surface area (Å²) in [6.07, 6.45) is 0.139. The highest BCUT2D eigenvalue weighted by molar-refractivity contribution is 8.00. The molecule has 1 heterocycles. The summed E-state index contributed by atoms with van der Waals surface area (Å²) < 4.78 is 4.61. The van der Waals surface area contributed by atoms with Crippen molar-refractivity contribution in [2.24, 2.45) is 0 Å². The van der Waals surface area contributed by atoms with E-state index in [0.29, 0.717) is 6.54 Å². The molecule has 7 heteroatoms. The lowest BCUT2D eigenvalue weighted by molar-refractivity contribution is -0.143. The van der Waals surface area contributed by atoms with Crippen LogP contribution in [0.15, 0.2) is 0 Å². The Kier molecular flexibility index (Phi) is 4.76. The van der Waals surface area contributed by atoms with Crippen molar-refractivity contribution in [3.05, 3.63) is 0 Å². The number of rotatable bonds is 3. The topological polar surface area (TPSA) is 46.6 Å². The third-order valence-corrected chi connectivity index (χ3v) is 4.20. The Labute approximate surface area is 109 Å². The molecule has 0 spiro atoms. The van der Waals surface area contributed by atoms with Gasteiger partial charge in [-0.3, -0.25) is 9.59 Å². The molecule has 0 N–H and O–H groups in total. The zero-order valence-electron chi connectivity index (χ0n) is 9.03. The molecular weight excluding hydrogens is 273 g/mol. The minimum absolute atomic E-state index is 0.139. The molecule has 16 heavy (non-hydrogen) atoms. The van der Waals surface area contributed by atoms with E-state index in [-0.39, 0.29) is 18.3 Å². The molecule has 0 aromatic heterocycles. The number of nitrogens with zero attached hydrogens (tertiary/aromatic N) is 1. The summed E-state index contributed by atoms with van der Waals surface area (Å²) in [4.78, 5) is 22.8. The molecule has 0 radical (unpaired) electrons. The number of carbonyl (C=O) groups is 2. The van der Waals surface area contributed by atoms with E-state index in [1.54, 1.807) is 4.90 Å². The maximum Gasteiger partial charge on any atom is 0.308 e. The van der Waals surface area contributed by atoms with Gasteiger partial charge in [0.05, 0.1) is 18.4 Å². The van der Waals surface area contributed by atoms with Gasteiger partial charge in [0.25, 0.3) is 5.91 Å². The van der Waals surface area contributed by atoms with Crippen molar-refractivity contribution in [3.8, 4) is 0 Å². The quantitative estimate of drug-likeness (QED) is 0.584. The van der Waals surface area contributed by atoms with E-state index in [1.165, 1.54) is 18.9 Å². The maximum absolute atomic E-state index is 11.7. The lowest BCUT2D eigenvalue weighted by Gasteiger charge is -2.33. The Morgan fingerprint density at radius 3 is 2.69 bits per heavy atom. The second kappa shape index (κ2) is 5.47. The highest BCUT2D eigenvalue weighted by atomic mass is 35.5. The van der Waals surface area contributed by atoms with Gasteiger partial charge >= 0.3 is 5.97 Å². The van der Waals surface area contributed by atoms with Crippen LogP contribution in [0.25, 0.3) is 0 Å². The third-order valence-electron chi connectivity index (χ3n) is 2.45. The number of ether oxygens (including phenoxy) is 1. The molecule has 1 aliphatic rings. The number of methoxy groups -OCH3 is 1. The van der Waals surface area contributed by atoms with Crippen LogP contribution < -0.4 is 0 Å². The van der Waals surface area contributed by atoms with Crippen LogP contribution in [-0.4, -0.2) is 45.9 Å². The van der Waals surface area contributed by atoms with Gasteiger partial charge in [0.1, 0.15) is 0 Å². The number of alkyl halides is 2. The minimum Gasteiger partial charge on any atom is -0.469 e. The minimum atomic E-state index is -1.09. The lowest BCUT2D eigenvalue weighted by Crippen LogP contribution is -2.47. The molecule has 4 nitrogen and oxygen atoms in total. The first-order valence-electron chi connectivity index (χ1n) is 4.71. The number of thioether (sulfide) groups is 1. The van der Waals surface area contributed by atoms with E-state index in [2.05, 4.69) is 4.74 Å². The SMILES string of the molecule is COC(=O)CC1(C)SCCN1C(=O)C(Cl)Cl. The molecule has 0 aromatic rings. The summed E-state index contributed by atoms with van der Waals surface area (Å²) in [5.74, 6) is 0.0508. The number of amides is 1. The van der Waals surface area contributed by atoms with Gasteiger partial charge in [0, 0.05) is 12.3 Å². The Balaban J connectivity index is 2.77. The van der Waals surface area contributed by atoms with Crippen LogP contribution >= 0.6 is 35.0 Å². The summed E-state index contributed by atoms with van der Waals surface area (Å²) in [7, 11) is 1.32. The van der Waals surface area contributed by atoms with E-state index in [9.17, 15) is 9.59 Å². The van der Waals surface area contributed by atoms with Crippen LogP contribution in [-0.2, 0) is 14.3 Å². The van der Waals surface area contributed by atoms with E-state index < -0.39 is 9.71 Å². The van der Waals surface area contributed by atoms with Crippen molar-refractivity contribution in [2.45, 2.75) is 23.1 Å². The molecule has 0 saturated carbocycles. The van der Waals surface area contributed by atoms with Gasteiger partial charge in [-0.25, -0.2) is 0 Å². The molecule has 1 rings (SSSR count). The summed E-state index contributed by atoms with van der Waals surface area (Å²) in [5, 5.41) is 0. The normalized spacial score (nSPS) is 24.9. The number of hydrogen-bond donors (Lipinski definition) is 0. The van der Waals surface area contributed by atoms with Crippen LogP contribution in [0, 0.1) is 0 Å². The lowest BCUT2D eigenvalue weighted by atomic mass is 10.2. The fraction of sp³-hybridized carbons (Fsp3) is 0.778. The maximum atomic E-state index is 11.7. The zero-order valence-corrected chi connectivity index (χ0v) is 11.4. The average molecular weight is 286 g/mol. The van der Waals surface area contributed by atoms with Gasteiger partial charge in [0.2, 0.25) is 0 Å². The van der Waals surface area contributed by atoms with Crippen molar-refractivity contribution in [2.75, 3.05) is 19.4 Å². The Bertz CT molecular complexity index is 300. The molecule has 1 fully saturated rings. The highest BCUT2D eigenvalue weighted by Crippen LogP contribution is 2.39. The van der Waals surface area contributed by atoms with Gasteiger partial charge in [-0.2, -0.15) is 0 Å². The Morgan fingerprint density at radius 1 is 1.56 bits per heavy atom. The molecule has 1 amide bonds. The van der Waals surface area contributed by atoms with Gasteiger partial charge in [-0.15, -0.1) is 11.8 Å². The number of esters is 1. The molecule has 0 aromatic carbocycles. The molecule has 92 valence electrons. The second-order valence-corrected chi connectivity index (χ2v) is 6.24. The van der Waals surface area contributed by atoms with Crippen molar-refractivity contribution < 1.29 is 14.3 Å². The van der Waals surface area contributed by atoms with E-state index >= 15 is 0 Å². The molecular formula is C9H13Cl2NO3S. The highest BCUT2D eigenvalue weighted by Gasteiger charge is 2.43. The van der Waals surface area contributed by atoms with Gasteiger partial charge in [0.15, 0.2) is 4.84 Å². The van der Waals surface area contributed by atoms with Gasteiger partial charge in [-0.05, 0) is 6.92 Å². The van der Waals surface area contributed by atoms with Crippen molar-refractivity contribution in [1.29, 1.82) is 0 Å². The summed E-state index contributed by atoms with van der Waals surface area (Å²) in [6.45, 7) is 2.36. The molecule has 1 atom stereocenters. The van der Waals surface area contributed by atoms with Crippen molar-refractivity contribution >= 4 is 46.8 Å². The first kappa shape index (κ1) is 13.9. The first-order valence-corrected chi connectivity index (χ1v) is 6.57. The van der Waals surface area contributed by atoms with E-state index in [1.807, 2.05) is 6.92 Å². The smallest absolute Gasteiger partial charge is 0.308 e. The van der Waals surface area contributed by atoms with E-state index in [0.717, 1.165) is 5.75 Å². The van der Waals surface area contributed by atoms with Gasteiger partial charge < -0.3 is 9.64 Å². The van der Waals surface area contributed by atoms with Crippen LogP contribution in [0.3, 0.4) is 0 Å². The fourth-order valence-corrected chi connectivity index (χ4v) is 3.12. The fourth-order valence-electron chi connectivity index (χ4n) is 1.62. The molecule has 0 aliphatic carbocycles. The molecule has 1 saturated heterocycles. The van der Waals surface area contributed by atoms with Crippen molar-refractivity contribution in [1.82, 2.24) is 4.90 Å². The number of halogens is 2. The van der Waals surface area contributed by atoms with E-state index in [4.69, 9.17) is 23.2 Å². The Hall–Kier alpha value is -0.130. The van der Waals surface area contributed by atoms with Crippen LogP contribution in [0.2, 0.25) is 0 Å². The molecule has 1 unspecified atom stereocenters. The molecule has 1 aliphatic heterocycles. The van der Waals surface area contributed by atoms with Crippen LogP contribution in [0.1, 0.15) is 13.3 Å². The van der Waals surface area contributed by atoms with Crippen LogP contribution in [0.4, 0.5) is 0 Å². The first-order chi connectivity index (χ1) is 7.40. The largest absolute Gasteiger partial charge is 0.469 e. The predicted molar refractivity (Wildman–Crippen MR) is 64.7 cm³/mol. The van der Waals surface area contributed by atoms with Crippen molar-refractivity contribution in [3.63, 3.8) is 0 Å². The summed E-state index contributed by atoms with van der Waals surface area (Å²) >= 11 is 12.6. The number of hydrogen-bond acceptors (Lipinski definition) is 4. The summed E-state index contributed by atoms with van der Waals surface area (Å²) in [6, 6.07) is 0. The summed E-state index contributed by atoms with van der Waals surface area (Å²) in [5.41, 5.74) is 0. The third kappa shape index (κ3) is 2.96. The predicted octanol–water partition coefficient (Wildman–Crippen LogP) is 1.64. The standard InChI is InChI=1S/C9H13Cl2NO3S/c1-9(5-6(13)15-2)12(3-4-16-9)8(14)7(10)11/h7H,3-5H2,1-2H3. The van der Waals surface area contributed by atoms with Crippen LogP contribution in [0.5, 0.6) is 0 Å². The second-order valence-electron chi connectivity index (χ2n) is 3.57. The van der Waals surface area contributed by atoms with Gasteiger partial charge in [-0.1, -0.05) is 23.2 Å². The number of carbonyl (C=O) groups excluding carboxylic acids is 2. The monoisotopic (exact) mass is 285 g/mol.